The Balaban J connectivity index is 0.00000280. The predicted octanol–water partition coefficient (Wildman–Crippen LogP) is 4.00. The molecule has 0 fully saturated rings. The van der Waals surface area contributed by atoms with Crippen molar-refractivity contribution < 1.29 is 0 Å². The van der Waals surface area contributed by atoms with Crippen LogP contribution < -0.4 is 16.6 Å². The zero-order valence-corrected chi connectivity index (χ0v) is 18.2. The fraction of sp³-hybridized carbons (Fsp3) is 0.182. The zero-order valence-electron chi connectivity index (χ0n) is 15.8. The summed E-state index contributed by atoms with van der Waals surface area (Å²) in [7, 11) is 0. The third-order valence-corrected chi connectivity index (χ3v) is 4.34. The molecule has 0 unspecified atom stereocenters. The Hall–Kier alpha value is -2.61. The van der Waals surface area contributed by atoms with E-state index in [0.717, 1.165) is 23.2 Å². The molecule has 5 nitrogen and oxygen atoms in total. The molecular formula is C22H25IN4O. The summed E-state index contributed by atoms with van der Waals surface area (Å²) < 4.78 is 1.68. The van der Waals surface area contributed by atoms with E-state index in [9.17, 15) is 4.79 Å². The van der Waals surface area contributed by atoms with E-state index in [2.05, 4.69) is 29.4 Å². The minimum Gasteiger partial charge on any atom is -0.370 e. The molecule has 0 aliphatic heterocycles. The number of guanidine groups is 1. The number of nitrogens with one attached hydrogen (secondary N) is 1. The van der Waals surface area contributed by atoms with Crippen LogP contribution in [0.2, 0.25) is 0 Å². The Labute approximate surface area is 182 Å². The molecule has 6 heteroatoms. The molecule has 3 rings (SSSR count). The molecule has 28 heavy (non-hydrogen) atoms. The van der Waals surface area contributed by atoms with Gasteiger partial charge in [-0.15, -0.1) is 24.0 Å². The van der Waals surface area contributed by atoms with Crippen LogP contribution in [-0.2, 0) is 19.5 Å². The largest absolute Gasteiger partial charge is 0.370 e. The molecule has 146 valence electrons. The van der Waals surface area contributed by atoms with Gasteiger partial charge in [0, 0.05) is 18.0 Å². The molecule has 0 bridgehead atoms. The number of halogens is 1. The maximum absolute atomic E-state index is 11.8. The second-order valence-corrected chi connectivity index (χ2v) is 6.36. The second-order valence-electron chi connectivity index (χ2n) is 6.36. The van der Waals surface area contributed by atoms with Crippen molar-refractivity contribution in [2.75, 3.05) is 5.32 Å². The molecule has 3 aromatic rings. The molecular weight excluding hydrogens is 463 g/mol. The van der Waals surface area contributed by atoms with Crippen molar-refractivity contribution in [3.8, 4) is 0 Å². The number of hydrogen-bond acceptors (Lipinski definition) is 2. The molecule has 0 aliphatic carbocycles. The van der Waals surface area contributed by atoms with Crippen molar-refractivity contribution in [2.45, 2.75) is 26.4 Å². The van der Waals surface area contributed by atoms with Crippen molar-refractivity contribution in [1.29, 1.82) is 0 Å². The molecule has 1 heterocycles. The Morgan fingerprint density at radius 1 is 0.964 bits per heavy atom. The van der Waals surface area contributed by atoms with Gasteiger partial charge in [0.05, 0.1) is 13.1 Å². The van der Waals surface area contributed by atoms with Gasteiger partial charge in [-0.05, 0) is 41.3 Å². The van der Waals surface area contributed by atoms with Crippen molar-refractivity contribution in [3.05, 3.63) is 100.0 Å². The molecule has 1 aromatic heterocycles. The minimum atomic E-state index is -0.00278. The summed E-state index contributed by atoms with van der Waals surface area (Å²) in [5, 5.41) is 3.10. The smallest absolute Gasteiger partial charge is 0.250 e. The number of nitrogens with zero attached hydrogens (tertiary/aromatic N) is 2. The quantitative estimate of drug-likeness (QED) is 0.313. The number of aliphatic imine (C=N–C) groups is 1. The van der Waals surface area contributed by atoms with Gasteiger partial charge in [0.25, 0.3) is 5.56 Å². The van der Waals surface area contributed by atoms with Crippen molar-refractivity contribution in [3.63, 3.8) is 0 Å². The van der Waals surface area contributed by atoms with E-state index >= 15 is 0 Å². The Bertz CT molecular complexity index is 963. The first-order chi connectivity index (χ1) is 13.1. The number of pyridine rings is 1. The number of nitrogens with two attached hydrogens (primary N) is 1. The van der Waals surface area contributed by atoms with Crippen LogP contribution in [0.4, 0.5) is 5.69 Å². The average Bonchev–Trinajstić information content (AvgIpc) is 2.70. The van der Waals surface area contributed by atoms with Crippen LogP contribution in [0.1, 0.15) is 23.6 Å². The summed E-state index contributed by atoms with van der Waals surface area (Å²) in [4.78, 5) is 16.2. The normalized spacial score (nSPS) is 11.0. The van der Waals surface area contributed by atoms with Gasteiger partial charge in [0.2, 0.25) is 0 Å². The number of benzene rings is 2. The molecule has 0 saturated carbocycles. The first kappa shape index (κ1) is 21.7. The van der Waals surface area contributed by atoms with Crippen LogP contribution in [0.3, 0.4) is 0 Å². The van der Waals surface area contributed by atoms with E-state index in [0.29, 0.717) is 19.0 Å². The van der Waals surface area contributed by atoms with Gasteiger partial charge in [0.1, 0.15) is 0 Å². The van der Waals surface area contributed by atoms with Crippen LogP contribution in [0.5, 0.6) is 0 Å². The van der Waals surface area contributed by atoms with Gasteiger partial charge < -0.3 is 15.6 Å². The zero-order chi connectivity index (χ0) is 19.1. The highest BCUT2D eigenvalue weighted by Gasteiger charge is 1.99. The number of anilines is 1. The summed E-state index contributed by atoms with van der Waals surface area (Å²) >= 11 is 0. The third-order valence-electron chi connectivity index (χ3n) is 4.34. The number of aryl methyl sites for hydroxylation is 1. The lowest BCUT2D eigenvalue weighted by Crippen LogP contribution is -2.22. The highest BCUT2D eigenvalue weighted by atomic mass is 127. The van der Waals surface area contributed by atoms with E-state index in [4.69, 9.17) is 5.73 Å². The maximum atomic E-state index is 11.8. The summed E-state index contributed by atoms with van der Waals surface area (Å²) in [5.74, 6) is 0.388. The molecule has 3 N–H and O–H groups in total. The monoisotopic (exact) mass is 488 g/mol. The van der Waals surface area contributed by atoms with Gasteiger partial charge in [-0.3, -0.25) is 4.79 Å². The number of aromatic nitrogens is 1. The van der Waals surface area contributed by atoms with Gasteiger partial charge in [-0.2, -0.15) is 0 Å². The summed E-state index contributed by atoms with van der Waals surface area (Å²) in [6.07, 6.45) is 2.80. The Morgan fingerprint density at radius 3 is 2.25 bits per heavy atom. The maximum Gasteiger partial charge on any atom is 0.250 e. The fourth-order valence-electron chi connectivity index (χ4n) is 2.73. The number of rotatable bonds is 6. The van der Waals surface area contributed by atoms with Crippen LogP contribution in [0, 0.1) is 0 Å². The van der Waals surface area contributed by atoms with Crippen LogP contribution >= 0.6 is 24.0 Å². The van der Waals surface area contributed by atoms with Crippen molar-refractivity contribution in [1.82, 2.24) is 4.57 Å². The van der Waals surface area contributed by atoms with Crippen molar-refractivity contribution >= 4 is 35.6 Å². The van der Waals surface area contributed by atoms with Gasteiger partial charge >= 0.3 is 0 Å². The lowest BCUT2D eigenvalue weighted by atomic mass is 10.1. The highest BCUT2D eigenvalue weighted by molar-refractivity contribution is 14.0. The van der Waals surface area contributed by atoms with Crippen LogP contribution in [0.15, 0.2) is 82.7 Å². The third kappa shape index (κ3) is 6.23. The lowest BCUT2D eigenvalue weighted by molar-refractivity contribution is 0.759. The lowest BCUT2D eigenvalue weighted by Gasteiger charge is -2.07. The Kier molecular flexibility index (Phi) is 8.25. The van der Waals surface area contributed by atoms with Gasteiger partial charge in [-0.1, -0.05) is 49.4 Å². The van der Waals surface area contributed by atoms with Gasteiger partial charge in [0.15, 0.2) is 5.96 Å². The molecule has 2 aromatic carbocycles. The van der Waals surface area contributed by atoms with Crippen LogP contribution in [-0.4, -0.2) is 10.5 Å². The molecule has 0 spiro atoms. The summed E-state index contributed by atoms with van der Waals surface area (Å²) in [6, 6.07) is 21.4. The summed E-state index contributed by atoms with van der Waals surface area (Å²) in [6.45, 7) is 3.18. The van der Waals surface area contributed by atoms with E-state index in [-0.39, 0.29) is 29.5 Å². The van der Waals surface area contributed by atoms with E-state index in [1.165, 1.54) is 5.56 Å². The average molecular weight is 488 g/mol. The summed E-state index contributed by atoms with van der Waals surface area (Å²) in [5.41, 5.74) is 10.3. The highest BCUT2D eigenvalue weighted by Crippen LogP contribution is 2.10. The standard InChI is InChI=1S/C22H24N4O.HI/c1-2-17-10-12-20(13-11-17)25-22(23)24-15-18-6-8-19(9-7-18)16-26-14-4-3-5-21(26)27;/h3-14H,2,15-16H2,1H3,(H3,23,24,25);1H. The fourth-order valence-corrected chi connectivity index (χ4v) is 2.73. The van der Waals surface area contributed by atoms with Crippen LogP contribution in [0.25, 0.3) is 0 Å². The topological polar surface area (TPSA) is 72.4 Å². The number of hydrogen-bond donors (Lipinski definition) is 2. The molecule has 0 saturated heterocycles. The predicted molar refractivity (Wildman–Crippen MR) is 126 cm³/mol. The molecule has 0 aliphatic rings. The molecule has 0 radical (unpaired) electrons. The first-order valence-electron chi connectivity index (χ1n) is 9.03. The SMILES string of the molecule is CCc1ccc(NC(N)=NCc2ccc(Cn3ccccc3=O)cc2)cc1.I. The van der Waals surface area contributed by atoms with E-state index in [1.807, 2.05) is 42.5 Å². The second kappa shape index (κ2) is 10.7. The van der Waals surface area contributed by atoms with E-state index < -0.39 is 0 Å². The molecule has 0 amide bonds. The first-order valence-corrected chi connectivity index (χ1v) is 9.03. The van der Waals surface area contributed by atoms with Crippen molar-refractivity contribution in [2.24, 2.45) is 10.7 Å². The van der Waals surface area contributed by atoms with Gasteiger partial charge in [-0.25, -0.2) is 4.99 Å². The van der Waals surface area contributed by atoms with E-state index in [1.54, 1.807) is 22.9 Å². The Morgan fingerprint density at radius 2 is 1.61 bits per heavy atom. The molecule has 0 atom stereocenters. The minimum absolute atomic E-state index is 0.